The Balaban J connectivity index is 1.90. The number of aromatic amines is 2. The van der Waals surface area contributed by atoms with Crippen molar-refractivity contribution in [1.29, 1.82) is 0 Å². The molecule has 0 spiro atoms. The van der Waals surface area contributed by atoms with Gasteiger partial charge >= 0.3 is 0 Å². The number of hydrogen-bond acceptors (Lipinski definition) is 4. The van der Waals surface area contributed by atoms with E-state index >= 15 is 0 Å². The zero-order chi connectivity index (χ0) is 15.7. The number of rotatable bonds is 4. The zero-order valence-electron chi connectivity index (χ0n) is 11.5. The topological polar surface area (TPSA) is 104 Å². The first-order valence-electron chi connectivity index (χ1n) is 6.29. The van der Waals surface area contributed by atoms with Crippen LogP contribution in [0.1, 0.15) is 5.56 Å². The fourth-order valence-electron chi connectivity index (χ4n) is 1.94. The molecule has 22 heavy (non-hydrogen) atoms. The molecule has 9 heteroatoms. The second-order valence-corrected chi connectivity index (χ2v) is 6.37. The van der Waals surface area contributed by atoms with Crippen molar-refractivity contribution < 1.29 is 12.8 Å². The van der Waals surface area contributed by atoms with Crippen LogP contribution < -0.4 is 4.72 Å². The average Bonchev–Trinajstić information content (AvgIpc) is 3.12. The van der Waals surface area contributed by atoms with E-state index in [2.05, 4.69) is 25.1 Å². The third-order valence-electron chi connectivity index (χ3n) is 3.01. The third-order valence-corrected chi connectivity index (χ3v) is 4.33. The third kappa shape index (κ3) is 2.70. The Hall–Kier alpha value is -2.68. The standard InChI is InChI=1S/C13H12FN5O2S/c1-8-2-3-11(14)10(4-8)12-5-13(18-17-12)19-22(20,21)9-6-15-16-7-9/h2-7H,1H3,(H,15,16)(H2,17,18,19). The van der Waals surface area contributed by atoms with Gasteiger partial charge < -0.3 is 0 Å². The number of sulfonamides is 1. The number of nitrogens with one attached hydrogen (secondary N) is 3. The summed E-state index contributed by atoms with van der Waals surface area (Å²) in [6.07, 6.45) is 2.42. The van der Waals surface area contributed by atoms with Crippen LogP contribution in [-0.2, 0) is 10.0 Å². The van der Waals surface area contributed by atoms with Crippen LogP contribution in [-0.4, -0.2) is 28.8 Å². The second-order valence-electron chi connectivity index (χ2n) is 4.69. The molecule has 0 saturated heterocycles. The van der Waals surface area contributed by atoms with Crippen molar-refractivity contribution in [3.63, 3.8) is 0 Å². The molecule has 0 atom stereocenters. The fourth-order valence-corrected chi connectivity index (χ4v) is 2.84. The van der Waals surface area contributed by atoms with Gasteiger partial charge in [-0.3, -0.25) is 14.9 Å². The average molecular weight is 321 g/mol. The Morgan fingerprint density at radius 2 is 2.09 bits per heavy atom. The molecule has 0 radical (unpaired) electrons. The van der Waals surface area contributed by atoms with Gasteiger partial charge in [0.05, 0.1) is 11.9 Å². The Morgan fingerprint density at radius 1 is 1.27 bits per heavy atom. The van der Waals surface area contributed by atoms with Crippen LogP contribution in [0, 0.1) is 12.7 Å². The van der Waals surface area contributed by atoms with Crippen LogP contribution in [0.5, 0.6) is 0 Å². The molecule has 7 nitrogen and oxygen atoms in total. The van der Waals surface area contributed by atoms with E-state index in [0.717, 1.165) is 5.56 Å². The first-order chi connectivity index (χ1) is 10.5. The van der Waals surface area contributed by atoms with Crippen molar-refractivity contribution in [1.82, 2.24) is 20.4 Å². The number of halogens is 1. The lowest BCUT2D eigenvalue weighted by molar-refractivity contribution is 0.601. The van der Waals surface area contributed by atoms with Crippen molar-refractivity contribution in [3.05, 3.63) is 48.0 Å². The molecule has 3 aromatic rings. The molecule has 0 aliphatic carbocycles. The molecular formula is C13H12FN5O2S. The Morgan fingerprint density at radius 3 is 2.82 bits per heavy atom. The van der Waals surface area contributed by atoms with Gasteiger partial charge in [-0.05, 0) is 19.1 Å². The maximum Gasteiger partial charge on any atom is 0.266 e. The van der Waals surface area contributed by atoms with Gasteiger partial charge in [-0.2, -0.15) is 10.2 Å². The summed E-state index contributed by atoms with van der Waals surface area (Å²) in [6.45, 7) is 1.84. The molecule has 0 bridgehead atoms. The Labute approximate surface area is 125 Å². The monoisotopic (exact) mass is 321 g/mol. The van der Waals surface area contributed by atoms with Crippen molar-refractivity contribution in [3.8, 4) is 11.3 Å². The SMILES string of the molecule is Cc1ccc(F)c(-c2cc(NS(=O)(=O)c3cn[nH]c3)n[nH]2)c1. The van der Waals surface area contributed by atoms with Crippen LogP contribution in [0.25, 0.3) is 11.3 Å². The van der Waals surface area contributed by atoms with Crippen LogP contribution >= 0.6 is 0 Å². The lowest BCUT2D eigenvalue weighted by atomic mass is 10.1. The first kappa shape index (κ1) is 14.3. The quantitative estimate of drug-likeness (QED) is 0.684. The lowest BCUT2D eigenvalue weighted by Crippen LogP contribution is -2.12. The molecule has 0 saturated carbocycles. The van der Waals surface area contributed by atoms with Gasteiger partial charge in [-0.1, -0.05) is 11.6 Å². The van der Waals surface area contributed by atoms with Gasteiger partial charge in [-0.15, -0.1) is 0 Å². The Kier molecular flexibility index (Phi) is 3.41. The van der Waals surface area contributed by atoms with Crippen LogP contribution in [0.3, 0.4) is 0 Å². The largest absolute Gasteiger partial charge is 0.284 e. The number of benzene rings is 1. The molecule has 114 valence electrons. The summed E-state index contributed by atoms with van der Waals surface area (Å²) in [5, 5.41) is 12.5. The number of anilines is 1. The summed E-state index contributed by atoms with van der Waals surface area (Å²) in [4.78, 5) is -0.0150. The fraction of sp³-hybridized carbons (Fsp3) is 0.0769. The molecule has 0 aliphatic heterocycles. The highest BCUT2D eigenvalue weighted by Gasteiger charge is 2.17. The van der Waals surface area contributed by atoms with Crippen molar-refractivity contribution in [2.45, 2.75) is 11.8 Å². The van der Waals surface area contributed by atoms with Gasteiger partial charge in [0.25, 0.3) is 10.0 Å². The van der Waals surface area contributed by atoms with Crippen molar-refractivity contribution >= 4 is 15.8 Å². The molecule has 2 heterocycles. The molecule has 3 rings (SSSR count). The highest BCUT2D eigenvalue weighted by Crippen LogP contribution is 2.24. The molecule has 0 fully saturated rings. The maximum atomic E-state index is 13.8. The second kappa shape index (κ2) is 5.26. The summed E-state index contributed by atoms with van der Waals surface area (Å²) in [7, 11) is -3.78. The van der Waals surface area contributed by atoms with E-state index in [4.69, 9.17) is 0 Å². The van der Waals surface area contributed by atoms with E-state index in [9.17, 15) is 12.8 Å². The zero-order valence-corrected chi connectivity index (χ0v) is 12.3. The minimum Gasteiger partial charge on any atom is -0.284 e. The predicted molar refractivity (Wildman–Crippen MR) is 78.1 cm³/mol. The Bertz CT molecular complexity index is 902. The van der Waals surface area contributed by atoms with E-state index in [0.29, 0.717) is 11.3 Å². The normalized spacial score (nSPS) is 11.5. The van der Waals surface area contributed by atoms with Gasteiger partial charge in [0.1, 0.15) is 10.7 Å². The molecule has 0 amide bonds. The van der Waals surface area contributed by atoms with Gasteiger partial charge in [0.15, 0.2) is 5.82 Å². The summed E-state index contributed by atoms with van der Waals surface area (Å²) in [5.41, 5.74) is 1.58. The smallest absolute Gasteiger partial charge is 0.266 e. The molecular weight excluding hydrogens is 309 g/mol. The van der Waals surface area contributed by atoms with E-state index < -0.39 is 15.8 Å². The highest BCUT2D eigenvalue weighted by atomic mass is 32.2. The summed E-state index contributed by atoms with van der Waals surface area (Å²) >= 11 is 0. The number of hydrogen-bond donors (Lipinski definition) is 3. The maximum absolute atomic E-state index is 13.8. The summed E-state index contributed by atoms with van der Waals surface area (Å²) in [6, 6.07) is 6.07. The van der Waals surface area contributed by atoms with Crippen molar-refractivity contribution in [2.24, 2.45) is 0 Å². The van der Waals surface area contributed by atoms with Gasteiger partial charge in [0.2, 0.25) is 0 Å². The van der Waals surface area contributed by atoms with E-state index in [1.807, 2.05) is 6.92 Å². The minimum atomic E-state index is -3.78. The number of nitrogens with zero attached hydrogens (tertiary/aromatic N) is 2. The summed E-state index contributed by atoms with van der Waals surface area (Å²) < 4.78 is 40.2. The number of aryl methyl sites for hydroxylation is 1. The van der Waals surface area contributed by atoms with Crippen LogP contribution in [0.2, 0.25) is 0 Å². The van der Waals surface area contributed by atoms with Crippen LogP contribution in [0.4, 0.5) is 10.2 Å². The van der Waals surface area contributed by atoms with Crippen molar-refractivity contribution in [2.75, 3.05) is 4.72 Å². The van der Waals surface area contributed by atoms with Crippen LogP contribution in [0.15, 0.2) is 41.6 Å². The first-order valence-corrected chi connectivity index (χ1v) is 7.77. The molecule has 0 aliphatic rings. The predicted octanol–water partition coefficient (Wildman–Crippen LogP) is 2.05. The van der Waals surface area contributed by atoms with Gasteiger partial charge in [-0.25, -0.2) is 12.8 Å². The number of aromatic nitrogens is 4. The highest BCUT2D eigenvalue weighted by molar-refractivity contribution is 7.92. The molecule has 0 unspecified atom stereocenters. The van der Waals surface area contributed by atoms with E-state index in [1.165, 1.54) is 24.5 Å². The van der Waals surface area contributed by atoms with E-state index in [1.54, 1.807) is 12.1 Å². The lowest BCUT2D eigenvalue weighted by Gasteiger charge is -2.02. The van der Waals surface area contributed by atoms with Gasteiger partial charge in [0, 0.05) is 17.8 Å². The molecule has 1 aromatic carbocycles. The molecule has 2 aromatic heterocycles. The molecule has 3 N–H and O–H groups in total. The van der Waals surface area contributed by atoms with E-state index in [-0.39, 0.29) is 10.7 Å². The number of H-pyrrole nitrogens is 2. The minimum absolute atomic E-state index is 0.0150. The summed E-state index contributed by atoms with van der Waals surface area (Å²) in [5.74, 6) is -0.351.